The molecule has 0 unspecified atom stereocenters. The minimum atomic E-state index is 0.345. The van der Waals surface area contributed by atoms with Crippen molar-refractivity contribution in [3.63, 3.8) is 0 Å². The Morgan fingerprint density at radius 1 is 1.19 bits per heavy atom. The van der Waals surface area contributed by atoms with Gasteiger partial charge in [-0.25, -0.2) is 0 Å². The average molecular weight is 345 g/mol. The summed E-state index contributed by atoms with van der Waals surface area (Å²) in [6.07, 6.45) is 2.43. The Morgan fingerprint density at radius 2 is 2.00 bits per heavy atom. The van der Waals surface area contributed by atoms with Crippen LogP contribution in [0.5, 0.6) is 0 Å². The molecule has 2 aromatic rings. The van der Waals surface area contributed by atoms with Gasteiger partial charge in [0.15, 0.2) is 0 Å². The second-order valence-corrected chi connectivity index (χ2v) is 6.55. The summed E-state index contributed by atoms with van der Waals surface area (Å²) in [5.41, 5.74) is 5.49. The quantitative estimate of drug-likeness (QED) is 0.842. The van der Waals surface area contributed by atoms with Gasteiger partial charge in [0.1, 0.15) is 0 Å². The number of anilines is 1. The van der Waals surface area contributed by atoms with E-state index in [1.165, 1.54) is 35.2 Å². The second-order valence-electron chi connectivity index (χ2n) is 5.64. The first kappa shape index (κ1) is 14.6. The third kappa shape index (κ3) is 3.47. The van der Waals surface area contributed by atoms with Crippen molar-refractivity contribution in [2.75, 3.05) is 11.9 Å². The van der Waals surface area contributed by atoms with Crippen molar-refractivity contribution < 1.29 is 0 Å². The Hall–Kier alpha value is -1.32. The maximum Gasteiger partial charge on any atom is 0.0418 e. The first-order valence-corrected chi connectivity index (χ1v) is 8.37. The normalized spacial score (nSPS) is 15.1. The minimum Gasteiger partial charge on any atom is -0.385 e. The second kappa shape index (κ2) is 6.63. The highest BCUT2D eigenvalue weighted by Gasteiger charge is 2.13. The van der Waals surface area contributed by atoms with Crippen molar-refractivity contribution in [2.45, 2.75) is 32.4 Å². The summed E-state index contributed by atoms with van der Waals surface area (Å²) in [5.74, 6) is 0. The molecule has 0 radical (unpaired) electrons. The number of benzene rings is 2. The number of para-hydroxylation sites is 1. The zero-order valence-corrected chi connectivity index (χ0v) is 13.9. The fourth-order valence-electron chi connectivity index (χ4n) is 2.86. The summed E-state index contributed by atoms with van der Waals surface area (Å²) in [6.45, 7) is 4.20. The van der Waals surface area contributed by atoms with Gasteiger partial charge in [0.05, 0.1) is 0 Å². The van der Waals surface area contributed by atoms with Gasteiger partial charge in [-0.2, -0.15) is 0 Å². The average Bonchev–Trinajstić information content (AvgIpc) is 2.53. The molecule has 3 rings (SSSR count). The molecule has 0 saturated carbocycles. The van der Waals surface area contributed by atoms with Gasteiger partial charge in [-0.05, 0) is 48.6 Å². The Bertz CT molecular complexity index is 607. The van der Waals surface area contributed by atoms with E-state index in [0.29, 0.717) is 6.04 Å². The molecule has 0 aromatic heterocycles. The molecular weight excluding hydrogens is 324 g/mol. The molecule has 21 heavy (non-hydrogen) atoms. The third-order valence-electron chi connectivity index (χ3n) is 4.13. The first-order chi connectivity index (χ1) is 10.2. The molecule has 1 heterocycles. The summed E-state index contributed by atoms with van der Waals surface area (Å²) in [4.78, 5) is 0. The lowest BCUT2D eigenvalue weighted by molar-refractivity contribution is 0.574. The van der Waals surface area contributed by atoms with Crippen molar-refractivity contribution in [3.05, 3.63) is 63.6 Å². The molecule has 3 heteroatoms. The predicted molar refractivity (Wildman–Crippen MR) is 92.6 cm³/mol. The topological polar surface area (TPSA) is 24.1 Å². The van der Waals surface area contributed by atoms with Crippen LogP contribution in [0.25, 0.3) is 0 Å². The number of nitrogens with one attached hydrogen (secondary N) is 2. The van der Waals surface area contributed by atoms with E-state index < -0.39 is 0 Å². The molecule has 2 aromatic carbocycles. The molecule has 0 amide bonds. The van der Waals surface area contributed by atoms with E-state index in [9.17, 15) is 0 Å². The molecule has 1 aliphatic rings. The van der Waals surface area contributed by atoms with Crippen LogP contribution in [-0.4, -0.2) is 6.54 Å². The van der Waals surface area contributed by atoms with Crippen molar-refractivity contribution in [1.82, 2.24) is 5.32 Å². The van der Waals surface area contributed by atoms with E-state index in [1.54, 1.807) is 0 Å². The van der Waals surface area contributed by atoms with E-state index in [0.717, 1.165) is 17.6 Å². The number of aryl methyl sites for hydroxylation is 1. The van der Waals surface area contributed by atoms with Crippen LogP contribution in [0.4, 0.5) is 5.69 Å². The minimum absolute atomic E-state index is 0.345. The largest absolute Gasteiger partial charge is 0.385 e. The fraction of sp³-hybridized carbons (Fsp3) is 0.333. The molecule has 1 atom stereocenters. The third-order valence-corrected chi connectivity index (χ3v) is 4.66. The molecule has 2 N–H and O–H groups in total. The van der Waals surface area contributed by atoms with Gasteiger partial charge in [-0.15, -0.1) is 0 Å². The highest BCUT2D eigenvalue weighted by molar-refractivity contribution is 9.10. The van der Waals surface area contributed by atoms with E-state index in [2.05, 4.69) is 76.0 Å². The molecule has 0 bridgehead atoms. The van der Waals surface area contributed by atoms with Crippen LogP contribution in [-0.2, 0) is 13.0 Å². The Kier molecular flexibility index (Phi) is 4.61. The van der Waals surface area contributed by atoms with Crippen LogP contribution in [0.3, 0.4) is 0 Å². The van der Waals surface area contributed by atoms with Crippen LogP contribution >= 0.6 is 15.9 Å². The van der Waals surface area contributed by atoms with Crippen molar-refractivity contribution in [1.29, 1.82) is 0 Å². The first-order valence-electron chi connectivity index (χ1n) is 7.57. The maximum absolute atomic E-state index is 3.63. The highest BCUT2D eigenvalue weighted by atomic mass is 79.9. The molecule has 110 valence electrons. The smallest absolute Gasteiger partial charge is 0.0418 e. The number of rotatable bonds is 4. The summed E-state index contributed by atoms with van der Waals surface area (Å²) in [7, 11) is 0. The number of hydrogen-bond acceptors (Lipinski definition) is 2. The van der Waals surface area contributed by atoms with Gasteiger partial charge in [0, 0.05) is 29.3 Å². The van der Waals surface area contributed by atoms with Crippen molar-refractivity contribution in [3.8, 4) is 0 Å². The van der Waals surface area contributed by atoms with Gasteiger partial charge in [-0.3, -0.25) is 0 Å². The SMILES string of the molecule is C[C@@H](NCc1cccc2c1NCCC2)c1ccc(Br)cc1. The van der Waals surface area contributed by atoms with Crippen LogP contribution in [0.1, 0.15) is 36.1 Å². The molecule has 0 fully saturated rings. The number of hydrogen-bond donors (Lipinski definition) is 2. The molecule has 0 saturated heterocycles. The van der Waals surface area contributed by atoms with Crippen molar-refractivity contribution >= 4 is 21.6 Å². The molecular formula is C18H21BrN2. The van der Waals surface area contributed by atoms with E-state index in [1.807, 2.05) is 0 Å². The predicted octanol–water partition coefficient (Wildman–Crippen LogP) is 4.66. The standard InChI is InChI=1S/C18H21BrN2/c1-13(14-7-9-17(19)10-8-14)21-12-16-5-2-4-15-6-3-11-20-18(15)16/h2,4-5,7-10,13,20-21H,3,6,11-12H2,1H3/t13-/m1/s1. The number of fused-ring (bicyclic) bond motifs is 1. The molecule has 0 aliphatic carbocycles. The highest BCUT2D eigenvalue weighted by Crippen LogP contribution is 2.26. The summed E-state index contributed by atoms with van der Waals surface area (Å²) < 4.78 is 1.12. The summed E-state index contributed by atoms with van der Waals surface area (Å²) >= 11 is 3.48. The van der Waals surface area contributed by atoms with Gasteiger partial charge in [0.25, 0.3) is 0 Å². The molecule has 0 spiro atoms. The lowest BCUT2D eigenvalue weighted by Gasteiger charge is -2.22. The Labute approximate surface area is 135 Å². The van der Waals surface area contributed by atoms with Gasteiger partial charge < -0.3 is 10.6 Å². The zero-order valence-electron chi connectivity index (χ0n) is 12.3. The lowest BCUT2D eigenvalue weighted by atomic mass is 9.99. The Morgan fingerprint density at radius 3 is 2.81 bits per heavy atom. The molecule has 1 aliphatic heterocycles. The summed E-state index contributed by atoms with van der Waals surface area (Å²) in [6, 6.07) is 15.5. The monoisotopic (exact) mass is 344 g/mol. The maximum atomic E-state index is 3.63. The Balaban J connectivity index is 1.69. The van der Waals surface area contributed by atoms with E-state index in [4.69, 9.17) is 0 Å². The van der Waals surface area contributed by atoms with Crippen LogP contribution < -0.4 is 10.6 Å². The molecule has 2 nitrogen and oxygen atoms in total. The zero-order chi connectivity index (χ0) is 14.7. The fourth-order valence-corrected chi connectivity index (χ4v) is 3.12. The van der Waals surface area contributed by atoms with Gasteiger partial charge in [-0.1, -0.05) is 46.3 Å². The van der Waals surface area contributed by atoms with E-state index in [-0.39, 0.29) is 0 Å². The van der Waals surface area contributed by atoms with Crippen molar-refractivity contribution in [2.24, 2.45) is 0 Å². The lowest BCUT2D eigenvalue weighted by Crippen LogP contribution is -2.21. The van der Waals surface area contributed by atoms with Gasteiger partial charge >= 0.3 is 0 Å². The van der Waals surface area contributed by atoms with Gasteiger partial charge in [0.2, 0.25) is 0 Å². The number of halogens is 1. The van der Waals surface area contributed by atoms with E-state index >= 15 is 0 Å². The van der Waals surface area contributed by atoms with Crippen LogP contribution in [0, 0.1) is 0 Å². The van der Waals surface area contributed by atoms with Crippen LogP contribution in [0.15, 0.2) is 46.9 Å². The van der Waals surface area contributed by atoms with Crippen LogP contribution in [0.2, 0.25) is 0 Å². The summed E-state index contributed by atoms with van der Waals surface area (Å²) in [5, 5.41) is 7.19.